The highest BCUT2D eigenvalue weighted by Crippen LogP contribution is 2.38. The molecule has 0 aromatic rings. The maximum Gasteiger partial charge on any atom is 0.302 e. The fourth-order valence-corrected chi connectivity index (χ4v) is 5.32. The molecule has 0 N–H and O–H groups in total. The lowest BCUT2D eigenvalue weighted by atomic mass is 9.75. The van der Waals surface area contributed by atoms with E-state index in [1.54, 1.807) is 6.92 Å². The first-order valence-corrected chi connectivity index (χ1v) is 9.80. The van der Waals surface area contributed by atoms with E-state index in [9.17, 15) is 4.79 Å². The molecule has 0 saturated carbocycles. The molecule has 3 fully saturated rings. The Bertz CT molecular complexity index is 401. The number of esters is 1. The summed E-state index contributed by atoms with van der Waals surface area (Å²) in [5.74, 6) is 1.17. The molecule has 0 spiro atoms. The van der Waals surface area contributed by atoms with E-state index in [4.69, 9.17) is 4.74 Å². The van der Waals surface area contributed by atoms with Gasteiger partial charge in [-0.05, 0) is 57.7 Å². The van der Waals surface area contributed by atoms with Crippen molar-refractivity contribution in [2.24, 2.45) is 11.8 Å². The number of fused-ring (bicyclic) bond motifs is 1. The molecular formula is C19H34N2O2. The van der Waals surface area contributed by atoms with Crippen molar-refractivity contribution in [2.45, 2.75) is 70.9 Å². The minimum Gasteiger partial charge on any atom is -0.466 e. The van der Waals surface area contributed by atoms with Crippen LogP contribution in [0.1, 0.15) is 58.8 Å². The van der Waals surface area contributed by atoms with Crippen molar-refractivity contribution < 1.29 is 9.53 Å². The molecule has 23 heavy (non-hydrogen) atoms. The molecule has 4 unspecified atom stereocenters. The van der Waals surface area contributed by atoms with Crippen molar-refractivity contribution in [1.82, 2.24) is 9.80 Å². The van der Waals surface area contributed by atoms with Crippen LogP contribution in [0.2, 0.25) is 0 Å². The third-order valence-corrected chi connectivity index (χ3v) is 6.40. The molecule has 3 rings (SSSR count). The Morgan fingerprint density at radius 1 is 1.09 bits per heavy atom. The van der Waals surface area contributed by atoms with Gasteiger partial charge in [0.2, 0.25) is 0 Å². The number of rotatable bonds is 4. The zero-order valence-corrected chi connectivity index (χ0v) is 15.0. The fourth-order valence-electron chi connectivity index (χ4n) is 5.32. The van der Waals surface area contributed by atoms with Crippen LogP contribution in [0.5, 0.6) is 0 Å². The Morgan fingerprint density at radius 2 is 1.83 bits per heavy atom. The van der Waals surface area contributed by atoms with E-state index in [-0.39, 0.29) is 5.97 Å². The van der Waals surface area contributed by atoms with Crippen LogP contribution in [0.25, 0.3) is 0 Å². The van der Waals surface area contributed by atoms with Crippen LogP contribution in [0.3, 0.4) is 0 Å². The van der Waals surface area contributed by atoms with Crippen molar-refractivity contribution >= 4 is 5.97 Å². The zero-order chi connectivity index (χ0) is 16.2. The second-order valence-electron chi connectivity index (χ2n) is 7.81. The Hall–Kier alpha value is -0.610. The third-order valence-electron chi connectivity index (χ3n) is 6.40. The van der Waals surface area contributed by atoms with Gasteiger partial charge in [0.1, 0.15) is 0 Å². The first-order valence-electron chi connectivity index (χ1n) is 9.80. The van der Waals surface area contributed by atoms with E-state index < -0.39 is 0 Å². The number of ether oxygens (including phenoxy) is 1. The molecule has 4 atom stereocenters. The summed E-state index contributed by atoms with van der Waals surface area (Å²) in [7, 11) is 0. The van der Waals surface area contributed by atoms with Crippen molar-refractivity contribution in [1.29, 1.82) is 0 Å². The van der Waals surface area contributed by atoms with Gasteiger partial charge in [-0.25, -0.2) is 0 Å². The zero-order valence-electron chi connectivity index (χ0n) is 15.0. The van der Waals surface area contributed by atoms with Gasteiger partial charge in [0, 0.05) is 31.5 Å². The lowest BCUT2D eigenvalue weighted by molar-refractivity contribution is -0.144. The number of nitrogens with zero attached hydrogens (tertiary/aromatic N) is 2. The molecule has 3 aliphatic rings. The summed E-state index contributed by atoms with van der Waals surface area (Å²) >= 11 is 0. The summed E-state index contributed by atoms with van der Waals surface area (Å²) < 4.78 is 5.44. The van der Waals surface area contributed by atoms with Crippen molar-refractivity contribution in [3.8, 4) is 0 Å². The minimum atomic E-state index is -0.123. The molecule has 4 heteroatoms. The average molecular weight is 322 g/mol. The molecule has 0 radical (unpaired) electrons. The van der Waals surface area contributed by atoms with Crippen LogP contribution in [-0.4, -0.2) is 60.6 Å². The standard InChI is InChI=1S/C19H34N2O2/c1-3-20-10-6-4-8-18(20)16-12-17(14-23-15(2)22)19-9-5-7-11-21(19)13-16/h16-19H,3-14H2,1-2H3. The van der Waals surface area contributed by atoms with Crippen LogP contribution < -0.4 is 0 Å². The summed E-state index contributed by atoms with van der Waals surface area (Å²) in [5.41, 5.74) is 0. The van der Waals surface area contributed by atoms with E-state index in [0.717, 1.165) is 12.0 Å². The number of likely N-dealkylation sites (tertiary alicyclic amines) is 1. The van der Waals surface area contributed by atoms with Crippen LogP contribution in [0, 0.1) is 11.8 Å². The van der Waals surface area contributed by atoms with Gasteiger partial charge in [-0.1, -0.05) is 19.8 Å². The van der Waals surface area contributed by atoms with Crippen LogP contribution in [0.4, 0.5) is 0 Å². The summed E-state index contributed by atoms with van der Waals surface area (Å²) in [6.07, 6.45) is 9.32. The first kappa shape index (κ1) is 17.2. The Labute approximate surface area is 141 Å². The van der Waals surface area contributed by atoms with Gasteiger partial charge in [-0.3, -0.25) is 9.69 Å². The van der Waals surface area contributed by atoms with Crippen LogP contribution in [0.15, 0.2) is 0 Å². The van der Waals surface area contributed by atoms with Crippen molar-refractivity contribution in [2.75, 3.05) is 32.8 Å². The van der Waals surface area contributed by atoms with E-state index >= 15 is 0 Å². The van der Waals surface area contributed by atoms with Gasteiger partial charge in [0.15, 0.2) is 0 Å². The molecule has 3 aliphatic heterocycles. The topological polar surface area (TPSA) is 32.8 Å². The summed E-state index contributed by atoms with van der Waals surface area (Å²) in [6, 6.07) is 1.40. The number of hydrogen-bond acceptors (Lipinski definition) is 4. The summed E-state index contributed by atoms with van der Waals surface area (Å²) in [5, 5.41) is 0. The van der Waals surface area contributed by atoms with Gasteiger partial charge < -0.3 is 9.64 Å². The average Bonchev–Trinajstić information content (AvgIpc) is 2.59. The summed E-state index contributed by atoms with van der Waals surface area (Å²) in [4.78, 5) is 16.7. The second kappa shape index (κ2) is 7.98. The molecule has 0 bridgehead atoms. The normalized spacial score (nSPS) is 36.4. The number of carbonyl (C=O) groups is 1. The highest BCUT2D eigenvalue weighted by atomic mass is 16.5. The van der Waals surface area contributed by atoms with Gasteiger partial charge >= 0.3 is 5.97 Å². The molecule has 4 nitrogen and oxygen atoms in total. The molecular weight excluding hydrogens is 288 g/mol. The number of piperidine rings is 3. The molecule has 0 amide bonds. The molecule has 132 valence electrons. The molecule has 0 aromatic heterocycles. The molecule has 0 aromatic carbocycles. The largest absolute Gasteiger partial charge is 0.466 e. The maximum atomic E-state index is 11.3. The highest BCUT2D eigenvalue weighted by Gasteiger charge is 2.41. The first-order chi connectivity index (χ1) is 11.2. The monoisotopic (exact) mass is 322 g/mol. The minimum absolute atomic E-state index is 0.123. The van der Waals surface area contributed by atoms with Crippen LogP contribution >= 0.6 is 0 Å². The van der Waals surface area contributed by atoms with E-state index in [2.05, 4.69) is 16.7 Å². The maximum absolute atomic E-state index is 11.3. The van der Waals surface area contributed by atoms with E-state index in [1.165, 1.54) is 71.1 Å². The van der Waals surface area contributed by atoms with Gasteiger partial charge in [-0.15, -0.1) is 0 Å². The molecule has 3 saturated heterocycles. The Kier molecular flexibility index (Phi) is 5.97. The van der Waals surface area contributed by atoms with Gasteiger partial charge in [0.05, 0.1) is 6.61 Å². The Balaban J connectivity index is 1.69. The molecule has 0 aliphatic carbocycles. The second-order valence-corrected chi connectivity index (χ2v) is 7.81. The predicted octanol–water partition coefficient (Wildman–Crippen LogP) is 2.91. The predicted molar refractivity (Wildman–Crippen MR) is 92.3 cm³/mol. The number of carbonyl (C=O) groups excluding carboxylic acids is 1. The Morgan fingerprint density at radius 3 is 2.57 bits per heavy atom. The molecule has 3 heterocycles. The lowest BCUT2D eigenvalue weighted by Crippen LogP contribution is -2.57. The summed E-state index contributed by atoms with van der Waals surface area (Å²) in [6.45, 7) is 9.44. The van der Waals surface area contributed by atoms with E-state index in [1.807, 2.05) is 0 Å². The quantitative estimate of drug-likeness (QED) is 0.745. The van der Waals surface area contributed by atoms with Gasteiger partial charge in [0.25, 0.3) is 0 Å². The number of hydrogen-bond donors (Lipinski definition) is 0. The smallest absolute Gasteiger partial charge is 0.302 e. The third kappa shape index (κ3) is 4.08. The van der Waals surface area contributed by atoms with Gasteiger partial charge in [-0.2, -0.15) is 0 Å². The van der Waals surface area contributed by atoms with Crippen molar-refractivity contribution in [3.63, 3.8) is 0 Å². The van der Waals surface area contributed by atoms with Crippen molar-refractivity contribution in [3.05, 3.63) is 0 Å². The lowest BCUT2D eigenvalue weighted by Gasteiger charge is -2.51. The highest BCUT2D eigenvalue weighted by molar-refractivity contribution is 5.65. The SMILES string of the molecule is CCN1CCCCC1C1CC(COC(C)=O)C2CCCCN2C1. The van der Waals surface area contributed by atoms with E-state index in [0.29, 0.717) is 18.6 Å². The van der Waals surface area contributed by atoms with Crippen LogP contribution in [-0.2, 0) is 9.53 Å². The fraction of sp³-hybridized carbons (Fsp3) is 0.947.